The Kier molecular flexibility index (Phi) is 19.1. The van der Waals surface area contributed by atoms with E-state index >= 15 is 0 Å². The van der Waals surface area contributed by atoms with Crippen molar-refractivity contribution < 1.29 is 52.5 Å². The summed E-state index contributed by atoms with van der Waals surface area (Å²) < 4.78 is 68.5. The van der Waals surface area contributed by atoms with Crippen molar-refractivity contribution in [3.8, 4) is 0 Å². The summed E-state index contributed by atoms with van der Waals surface area (Å²) in [6.45, 7) is 11.6. The van der Waals surface area contributed by atoms with Crippen molar-refractivity contribution in [2.24, 2.45) is 0 Å². The fourth-order valence-corrected chi connectivity index (χ4v) is 8.84. The number of aliphatic hydroxyl groups excluding tert-OH is 1. The Hall–Kier alpha value is -5.12. The van der Waals surface area contributed by atoms with E-state index in [-0.39, 0.29) is 46.2 Å². The van der Waals surface area contributed by atoms with E-state index in [4.69, 9.17) is 47.4 Å². The van der Waals surface area contributed by atoms with Gasteiger partial charge in [0.2, 0.25) is 0 Å². The average molecular weight is 967 g/mol. The number of ether oxygens (including phenoxy) is 10. The number of aryl methyl sites for hydroxylation is 5. The van der Waals surface area contributed by atoms with E-state index in [2.05, 4.69) is 125 Å². The fraction of sp³-hybridized carbons (Fsp3) is 0.400. The van der Waals surface area contributed by atoms with Crippen molar-refractivity contribution in [2.75, 3.05) is 20.3 Å². The standard InChI is InChI=1S/C60H70O11/c1-40-12-22-46(23-13-40)33-63-39-52-54(65-35-47-24-14-41(2)15-25-47)55(66-36-48-26-16-42(3)17-27-48)57(67-37-49-28-18-43(4)19-29-49)60(70-52)71-56-53(64-34-45-10-8-7-9-11-45)51(32-61)69-59(62-6)58(56)68-38-50-30-20-44(5)21-31-50/h7-31,51-61H,32-39H2,1-6H3/t51-,52-,53-,54-,55+,56+,57-,58-,59+,60+/m1/s1. The highest BCUT2D eigenvalue weighted by Crippen LogP contribution is 2.37. The molecule has 1 N–H and O–H groups in total. The number of methoxy groups -OCH3 is 1. The molecule has 0 spiro atoms. The normalized spacial score (nSPS) is 24.5. The smallest absolute Gasteiger partial charge is 0.187 e. The molecule has 0 amide bonds. The first-order valence-electron chi connectivity index (χ1n) is 24.7. The van der Waals surface area contributed by atoms with Crippen LogP contribution in [-0.4, -0.2) is 86.8 Å². The monoisotopic (exact) mass is 966 g/mol. The Morgan fingerprint density at radius 2 is 0.704 bits per heavy atom. The van der Waals surface area contributed by atoms with E-state index in [0.29, 0.717) is 6.61 Å². The quantitative estimate of drug-likeness (QED) is 0.0662. The molecule has 0 bridgehead atoms. The maximum absolute atomic E-state index is 11.0. The Labute approximate surface area is 419 Å². The van der Waals surface area contributed by atoms with Crippen molar-refractivity contribution in [3.63, 3.8) is 0 Å². The van der Waals surface area contributed by atoms with Crippen LogP contribution < -0.4 is 0 Å². The number of aliphatic hydroxyl groups is 1. The number of rotatable bonds is 23. The molecular weight excluding hydrogens is 897 g/mol. The van der Waals surface area contributed by atoms with Gasteiger partial charge in [-0.15, -0.1) is 0 Å². The van der Waals surface area contributed by atoms with E-state index < -0.39 is 61.4 Å². The van der Waals surface area contributed by atoms with Crippen LogP contribution >= 0.6 is 0 Å². The maximum Gasteiger partial charge on any atom is 0.187 e. The lowest BCUT2D eigenvalue weighted by molar-refractivity contribution is -0.376. The Balaban J connectivity index is 1.20. The third-order valence-corrected chi connectivity index (χ3v) is 13.1. The minimum absolute atomic E-state index is 0.135. The highest BCUT2D eigenvalue weighted by atomic mass is 16.8. The van der Waals surface area contributed by atoms with E-state index in [0.717, 1.165) is 55.6 Å². The van der Waals surface area contributed by atoms with Crippen molar-refractivity contribution in [3.05, 3.63) is 213 Å². The largest absolute Gasteiger partial charge is 0.394 e. The predicted molar refractivity (Wildman–Crippen MR) is 271 cm³/mol. The number of benzene rings is 6. The van der Waals surface area contributed by atoms with E-state index in [1.165, 1.54) is 5.56 Å². The second-order valence-corrected chi connectivity index (χ2v) is 18.9. The molecule has 0 radical (unpaired) electrons. The molecule has 71 heavy (non-hydrogen) atoms. The van der Waals surface area contributed by atoms with Crippen molar-refractivity contribution in [2.45, 2.75) is 136 Å². The zero-order valence-corrected chi connectivity index (χ0v) is 41.9. The number of hydrogen-bond acceptors (Lipinski definition) is 11. The zero-order chi connectivity index (χ0) is 49.5. The lowest BCUT2D eigenvalue weighted by Crippen LogP contribution is -2.66. The van der Waals surface area contributed by atoms with Crippen molar-refractivity contribution in [1.29, 1.82) is 0 Å². The summed E-state index contributed by atoms with van der Waals surface area (Å²) >= 11 is 0. The molecule has 11 heteroatoms. The second kappa shape index (κ2) is 26.0. The summed E-state index contributed by atoms with van der Waals surface area (Å²) in [5.74, 6) is 0. The molecule has 6 aromatic rings. The third-order valence-electron chi connectivity index (χ3n) is 13.1. The Morgan fingerprint density at radius 1 is 0.366 bits per heavy atom. The number of hydrogen-bond donors (Lipinski definition) is 1. The van der Waals surface area contributed by atoms with Gasteiger partial charge in [0.25, 0.3) is 0 Å². The van der Waals surface area contributed by atoms with Gasteiger partial charge in [-0.25, -0.2) is 0 Å². The van der Waals surface area contributed by atoms with Gasteiger partial charge in [0.05, 0.1) is 52.9 Å². The van der Waals surface area contributed by atoms with Gasteiger partial charge < -0.3 is 52.5 Å². The molecular formula is C60H70O11. The topological polar surface area (TPSA) is 113 Å². The lowest BCUT2D eigenvalue weighted by atomic mass is 9.95. The first kappa shape index (κ1) is 52.2. The third kappa shape index (κ3) is 14.7. The van der Waals surface area contributed by atoms with Crippen LogP contribution in [0.4, 0.5) is 0 Å². The fourth-order valence-electron chi connectivity index (χ4n) is 8.84. The molecule has 2 saturated heterocycles. The molecule has 376 valence electrons. The first-order valence-corrected chi connectivity index (χ1v) is 24.7. The molecule has 0 aliphatic carbocycles. The minimum atomic E-state index is -1.12. The average Bonchev–Trinajstić information content (AvgIpc) is 3.39. The zero-order valence-electron chi connectivity index (χ0n) is 41.9. The van der Waals surface area contributed by atoms with Crippen LogP contribution in [-0.2, 0) is 87.0 Å². The molecule has 11 nitrogen and oxygen atoms in total. The first-order chi connectivity index (χ1) is 34.6. The Bertz CT molecular complexity index is 2470. The molecule has 0 aromatic heterocycles. The van der Waals surface area contributed by atoms with Crippen LogP contribution in [0.3, 0.4) is 0 Å². The highest BCUT2D eigenvalue weighted by molar-refractivity contribution is 5.24. The van der Waals surface area contributed by atoms with Gasteiger partial charge in [-0.05, 0) is 68.0 Å². The van der Waals surface area contributed by atoms with Gasteiger partial charge in [-0.3, -0.25) is 0 Å². The molecule has 2 aliphatic heterocycles. The van der Waals surface area contributed by atoms with Gasteiger partial charge >= 0.3 is 0 Å². The minimum Gasteiger partial charge on any atom is -0.394 e. The maximum atomic E-state index is 11.0. The predicted octanol–water partition coefficient (Wildman–Crippen LogP) is 10.1. The van der Waals surface area contributed by atoms with Gasteiger partial charge in [0.1, 0.15) is 48.8 Å². The molecule has 6 aromatic carbocycles. The Morgan fingerprint density at radius 3 is 1.11 bits per heavy atom. The van der Waals surface area contributed by atoms with Gasteiger partial charge in [0.15, 0.2) is 12.6 Å². The summed E-state index contributed by atoms with van der Waals surface area (Å²) in [7, 11) is 1.56. The second-order valence-electron chi connectivity index (χ2n) is 18.9. The summed E-state index contributed by atoms with van der Waals surface area (Å²) in [4.78, 5) is 0. The van der Waals surface area contributed by atoms with Gasteiger partial charge in [-0.2, -0.15) is 0 Å². The van der Waals surface area contributed by atoms with Crippen LogP contribution in [0.25, 0.3) is 0 Å². The molecule has 2 heterocycles. The van der Waals surface area contributed by atoms with E-state index in [9.17, 15) is 5.11 Å². The summed E-state index contributed by atoms with van der Waals surface area (Å²) in [5.41, 5.74) is 11.6. The molecule has 0 saturated carbocycles. The van der Waals surface area contributed by atoms with Crippen molar-refractivity contribution >= 4 is 0 Å². The molecule has 2 fully saturated rings. The summed E-state index contributed by atoms with van der Waals surface area (Å²) in [5, 5.41) is 11.0. The van der Waals surface area contributed by atoms with Crippen LogP contribution in [0.1, 0.15) is 61.2 Å². The van der Waals surface area contributed by atoms with Crippen LogP contribution in [0.15, 0.2) is 152 Å². The highest BCUT2D eigenvalue weighted by Gasteiger charge is 2.54. The van der Waals surface area contributed by atoms with Crippen LogP contribution in [0.2, 0.25) is 0 Å². The SMILES string of the molecule is CO[C@H]1O[C@H](CO)[C@@H](OCc2ccccc2)[C@H](O[C@@H]2O[C@H](COCc3ccc(C)cc3)[C@@H](OCc3ccc(C)cc3)[C@H](OCc3ccc(C)cc3)[C@H]2OCc2ccc(C)cc2)[C@H]1OCc1ccc(C)cc1. The van der Waals surface area contributed by atoms with Gasteiger partial charge in [-0.1, -0.05) is 179 Å². The molecule has 0 unspecified atom stereocenters. The summed E-state index contributed by atoms with van der Waals surface area (Å²) in [6.07, 6.45) is -8.69. The molecule has 2 aliphatic rings. The van der Waals surface area contributed by atoms with Crippen LogP contribution in [0, 0.1) is 34.6 Å². The summed E-state index contributed by atoms with van der Waals surface area (Å²) in [6, 6.07) is 51.2. The van der Waals surface area contributed by atoms with Crippen LogP contribution in [0.5, 0.6) is 0 Å². The van der Waals surface area contributed by atoms with Crippen molar-refractivity contribution in [1.82, 2.24) is 0 Å². The van der Waals surface area contributed by atoms with Gasteiger partial charge in [0, 0.05) is 7.11 Å². The van der Waals surface area contributed by atoms with E-state index in [1.807, 2.05) is 61.5 Å². The lowest BCUT2D eigenvalue weighted by Gasteiger charge is -2.50. The molecule has 8 rings (SSSR count). The van der Waals surface area contributed by atoms with E-state index in [1.54, 1.807) is 7.11 Å². The molecule has 10 atom stereocenters.